The second-order valence-corrected chi connectivity index (χ2v) is 4.88. The number of H-pyrrole nitrogens is 2. The standard InChI is InChI=1S/C14H8ClF3N2O2/c15-12-8(2-1-3-11(12)22-14(16,17)18)7-4-5-9-10(6-7)20-13(21)19-9/h1-6H,(H2,19,20,21). The molecule has 0 radical (unpaired) electrons. The van der Waals surface area contributed by atoms with E-state index >= 15 is 0 Å². The van der Waals surface area contributed by atoms with Crippen molar-refractivity contribution in [2.24, 2.45) is 0 Å². The Morgan fingerprint density at radius 1 is 1.05 bits per heavy atom. The van der Waals surface area contributed by atoms with Gasteiger partial charge in [-0.05, 0) is 23.8 Å². The van der Waals surface area contributed by atoms with Gasteiger partial charge in [0.2, 0.25) is 0 Å². The molecule has 0 saturated carbocycles. The molecule has 0 unspecified atom stereocenters. The number of nitrogens with one attached hydrogen (secondary N) is 2. The SMILES string of the molecule is O=c1[nH]c2ccc(-c3cccc(OC(F)(F)F)c3Cl)cc2[nH]1. The minimum absolute atomic E-state index is 0.156. The van der Waals surface area contributed by atoms with E-state index in [9.17, 15) is 18.0 Å². The summed E-state index contributed by atoms with van der Waals surface area (Å²) in [4.78, 5) is 16.4. The van der Waals surface area contributed by atoms with Gasteiger partial charge in [-0.1, -0.05) is 29.8 Å². The summed E-state index contributed by atoms with van der Waals surface area (Å²) >= 11 is 6.00. The summed E-state index contributed by atoms with van der Waals surface area (Å²) in [5.41, 5.74) is 1.67. The Morgan fingerprint density at radius 2 is 1.77 bits per heavy atom. The van der Waals surface area contributed by atoms with Crippen LogP contribution in [0.2, 0.25) is 5.02 Å². The first-order valence-corrected chi connectivity index (χ1v) is 6.48. The van der Waals surface area contributed by atoms with Gasteiger partial charge >= 0.3 is 12.1 Å². The average molecular weight is 329 g/mol. The summed E-state index contributed by atoms with van der Waals surface area (Å²) in [5.74, 6) is -0.477. The maximum absolute atomic E-state index is 12.3. The Kier molecular flexibility index (Phi) is 3.37. The second-order valence-electron chi connectivity index (χ2n) is 4.50. The highest BCUT2D eigenvalue weighted by atomic mass is 35.5. The van der Waals surface area contributed by atoms with E-state index in [1.165, 1.54) is 6.07 Å². The monoisotopic (exact) mass is 328 g/mol. The third-order valence-electron chi connectivity index (χ3n) is 3.02. The average Bonchev–Trinajstić information content (AvgIpc) is 2.78. The number of halogens is 4. The molecule has 3 aromatic rings. The van der Waals surface area contributed by atoms with Crippen molar-refractivity contribution >= 4 is 22.6 Å². The molecule has 0 aliphatic carbocycles. The van der Waals surface area contributed by atoms with E-state index in [1.54, 1.807) is 24.3 Å². The number of ether oxygens (including phenoxy) is 1. The van der Waals surface area contributed by atoms with Gasteiger partial charge in [-0.3, -0.25) is 0 Å². The first-order valence-electron chi connectivity index (χ1n) is 6.10. The molecule has 3 rings (SSSR count). The van der Waals surface area contributed by atoms with E-state index in [-0.39, 0.29) is 10.7 Å². The van der Waals surface area contributed by atoms with Gasteiger partial charge in [0.05, 0.1) is 16.1 Å². The molecule has 2 aromatic carbocycles. The van der Waals surface area contributed by atoms with Crippen molar-refractivity contribution in [3.63, 3.8) is 0 Å². The van der Waals surface area contributed by atoms with Crippen molar-refractivity contribution in [1.29, 1.82) is 0 Å². The highest BCUT2D eigenvalue weighted by Crippen LogP contribution is 2.38. The molecule has 0 amide bonds. The molecule has 1 heterocycles. The van der Waals surface area contributed by atoms with E-state index in [0.29, 0.717) is 22.2 Å². The molecule has 0 spiro atoms. The lowest BCUT2D eigenvalue weighted by Gasteiger charge is -2.13. The maximum atomic E-state index is 12.3. The predicted molar refractivity (Wildman–Crippen MR) is 76.0 cm³/mol. The molecule has 114 valence electrons. The molecular weight excluding hydrogens is 321 g/mol. The Balaban J connectivity index is 2.09. The Bertz CT molecular complexity index is 899. The number of imidazole rings is 1. The summed E-state index contributed by atoms with van der Waals surface area (Å²) < 4.78 is 40.9. The normalized spacial score (nSPS) is 11.8. The fraction of sp³-hybridized carbons (Fsp3) is 0.0714. The van der Waals surface area contributed by atoms with Gasteiger partial charge in [-0.25, -0.2) is 4.79 Å². The smallest absolute Gasteiger partial charge is 0.404 e. The first kappa shape index (κ1) is 14.5. The van der Waals surface area contributed by atoms with Crippen LogP contribution in [0.3, 0.4) is 0 Å². The second kappa shape index (κ2) is 5.10. The third kappa shape index (κ3) is 2.80. The molecule has 0 aliphatic rings. The minimum Gasteiger partial charge on any atom is -0.404 e. The number of fused-ring (bicyclic) bond motifs is 1. The first-order chi connectivity index (χ1) is 10.3. The van der Waals surface area contributed by atoms with Gasteiger partial charge in [0, 0.05) is 5.56 Å². The number of hydrogen-bond donors (Lipinski definition) is 2. The Hall–Kier alpha value is -2.41. The number of rotatable bonds is 2. The van der Waals surface area contributed by atoms with Crippen LogP contribution in [0.1, 0.15) is 0 Å². The van der Waals surface area contributed by atoms with Crippen molar-refractivity contribution in [3.05, 3.63) is 51.9 Å². The summed E-state index contributed by atoms with van der Waals surface area (Å²) in [7, 11) is 0. The largest absolute Gasteiger partial charge is 0.573 e. The van der Waals surface area contributed by atoms with Crippen molar-refractivity contribution in [2.45, 2.75) is 6.36 Å². The van der Waals surface area contributed by atoms with E-state index in [0.717, 1.165) is 6.07 Å². The lowest BCUT2D eigenvalue weighted by atomic mass is 10.0. The van der Waals surface area contributed by atoms with E-state index in [4.69, 9.17) is 11.6 Å². The minimum atomic E-state index is -4.82. The summed E-state index contributed by atoms with van der Waals surface area (Å²) in [6.45, 7) is 0. The Morgan fingerprint density at radius 3 is 2.50 bits per heavy atom. The van der Waals surface area contributed by atoms with Crippen molar-refractivity contribution in [1.82, 2.24) is 9.97 Å². The number of aromatic nitrogens is 2. The fourth-order valence-corrected chi connectivity index (χ4v) is 2.41. The number of alkyl halides is 3. The van der Waals surface area contributed by atoms with Gasteiger partial charge in [0.1, 0.15) is 5.75 Å². The molecule has 0 bridgehead atoms. The zero-order valence-electron chi connectivity index (χ0n) is 10.8. The number of aromatic amines is 2. The molecular formula is C14H8ClF3N2O2. The summed E-state index contributed by atoms with van der Waals surface area (Å²) in [6.07, 6.45) is -4.82. The molecule has 0 fully saturated rings. The summed E-state index contributed by atoms with van der Waals surface area (Å²) in [5, 5.41) is -0.156. The van der Waals surface area contributed by atoms with Crippen molar-refractivity contribution in [2.75, 3.05) is 0 Å². The van der Waals surface area contributed by atoms with Crippen LogP contribution >= 0.6 is 11.6 Å². The molecule has 0 aliphatic heterocycles. The molecule has 0 atom stereocenters. The van der Waals surface area contributed by atoms with Crippen LogP contribution in [0.5, 0.6) is 5.75 Å². The molecule has 22 heavy (non-hydrogen) atoms. The van der Waals surface area contributed by atoms with Gasteiger partial charge < -0.3 is 14.7 Å². The van der Waals surface area contributed by atoms with Gasteiger partial charge in [0.15, 0.2) is 0 Å². The van der Waals surface area contributed by atoms with Crippen LogP contribution < -0.4 is 10.4 Å². The molecule has 2 N–H and O–H groups in total. The van der Waals surface area contributed by atoms with Crippen LogP contribution in [0.15, 0.2) is 41.2 Å². The molecule has 4 nitrogen and oxygen atoms in total. The lowest BCUT2D eigenvalue weighted by molar-refractivity contribution is -0.274. The topological polar surface area (TPSA) is 57.9 Å². The quantitative estimate of drug-likeness (QED) is 0.745. The fourth-order valence-electron chi connectivity index (χ4n) is 2.14. The Labute approximate surface area is 126 Å². The van der Waals surface area contributed by atoms with Crippen LogP contribution in [-0.4, -0.2) is 16.3 Å². The zero-order valence-corrected chi connectivity index (χ0v) is 11.5. The third-order valence-corrected chi connectivity index (χ3v) is 3.41. The molecule has 1 aromatic heterocycles. The molecule has 0 saturated heterocycles. The van der Waals surface area contributed by atoms with Crippen LogP contribution in [0, 0.1) is 0 Å². The number of benzene rings is 2. The predicted octanol–water partition coefficient (Wildman–Crippen LogP) is 4.08. The van der Waals surface area contributed by atoms with Gasteiger partial charge in [-0.15, -0.1) is 13.2 Å². The highest BCUT2D eigenvalue weighted by molar-refractivity contribution is 6.34. The zero-order chi connectivity index (χ0) is 15.9. The van der Waals surface area contributed by atoms with Crippen molar-refractivity contribution < 1.29 is 17.9 Å². The van der Waals surface area contributed by atoms with E-state index in [2.05, 4.69) is 14.7 Å². The van der Waals surface area contributed by atoms with Crippen LogP contribution in [0.25, 0.3) is 22.2 Å². The number of hydrogen-bond acceptors (Lipinski definition) is 2. The maximum Gasteiger partial charge on any atom is 0.573 e. The summed E-state index contributed by atoms with van der Waals surface area (Å²) in [6, 6.07) is 9.01. The van der Waals surface area contributed by atoms with Crippen LogP contribution in [-0.2, 0) is 0 Å². The lowest BCUT2D eigenvalue weighted by Crippen LogP contribution is -2.17. The van der Waals surface area contributed by atoms with E-state index in [1.807, 2.05) is 0 Å². The molecule has 8 heteroatoms. The van der Waals surface area contributed by atoms with Gasteiger partial charge in [-0.2, -0.15) is 0 Å². The highest BCUT2D eigenvalue weighted by Gasteiger charge is 2.32. The van der Waals surface area contributed by atoms with Gasteiger partial charge in [0.25, 0.3) is 0 Å². The van der Waals surface area contributed by atoms with Crippen molar-refractivity contribution in [3.8, 4) is 16.9 Å². The van der Waals surface area contributed by atoms with E-state index < -0.39 is 12.1 Å². The van der Waals surface area contributed by atoms with Crippen LogP contribution in [0.4, 0.5) is 13.2 Å².